The Morgan fingerprint density at radius 2 is 1.79 bits per heavy atom. The number of fused-ring (bicyclic) bond motifs is 2. The minimum Gasteiger partial charge on any atom is -0.454 e. The quantitative estimate of drug-likeness (QED) is 0.305. The molecule has 0 fully saturated rings. The number of H-pyrrole nitrogens is 2. The standard InChI is InChI=1S/C17H14N4O6.BrH/c22-16-17(23)20-15-10(4-11(21(24)25)5-12(15)19-16)7-18-6-9-1-2-13-14(3-9)27-8-26-13;/h1-5,18H,6-8H2,(H,19,22)(H,20,23);1H. The summed E-state index contributed by atoms with van der Waals surface area (Å²) in [7, 11) is 0. The van der Waals surface area contributed by atoms with Crippen LogP contribution in [0.1, 0.15) is 11.1 Å². The molecule has 3 N–H and O–H groups in total. The van der Waals surface area contributed by atoms with Crippen LogP contribution >= 0.6 is 17.0 Å². The number of rotatable bonds is 5. The molecule has 10 nitrogen and oxygen atoms in total. The Morgan fingerprint density at radius 1 is 1.04 bits per heavy atom. The molecular formula is C17H15BrN4O6. The van der Waals surface area contributed by atoms with E-state index in [4.69, 9.17) is 9.47 Å². The molecule has 2 aromatic carbocycles. The summed E-state index contributed by atoms with van der Waals surface area (Å²) in [4.78, 5) is 38.6. The molecule has 28 heavy (non-hydrogen) atoms. The van der Waals surface area contributed by atoms with Crippen molar-refractivity contribution in [2.24, 2.45) is 0 Å². The zero-order valence-electron chi connectivity index (χ0n) is 14.3. The van der Waals surface area contributed by atoms with Gasteiger partial charge in [0.1, 0.15) is 0 Å². The van der Waals surface area contributed by atoms with E-state index in [1.165, 1.54) is 12.1 Å². The Morgan fingerprint density at radius 3 is 2.57 bits per heavy atom. The molecule has 1 aliphatic heterocycles. The Kier molecular flexibility index (Phi) is 5.47. The van der Waals surface area contributed by atoms with E-state index in [-0.39, 0.29) is 41.5 Å². The van der Waals surface area contributed by atoms with Crippen LogP contribution in [0.25, 0.3) is 11.0 Å². The van der Waals surface area contributed by atoms with Gasteiger partial charge in [-0.15, -0.1) is 17.0 Å². The van der Waals surface area contributed by atoms with Gasteiger partial charge in [0, 0.05) is 25.2 Å². The van der Waals surface area contributed by atoms with Crippen molar-refractivity contribution in [1.29, 1.82) is 0 Å². The zero-order chi connectivity index (χ0) is 19.0. The van der Waals surface area contributed by atoms with Gasteiger partial charge >= 0.3 is 11.1 Å². The number of nitrogens with zero attached hydrogens (tertiary/aromatic N) is 1. The lowest BCUT2D eigenvalue weighted by molar-refractivity contribution is -0.384. The highest BCUT2D eigenvalue weighted by molar-refractivity contribution is 8.93. The van der Waals surface area contributed by atoms with Gasteiger partial charge < -0.3 is 24.8 Å². The molecule has 0 saturated carbocycles. The first-order valence-corrected chi connectivity index (χ1v) is 8.04. The molecule has 0 radical (unpaired) electrons. The lowest BCUT2D eigenvalue weighted by Gasteiger charge is -2.09. The van der Waals surface area contributed by atoms with Crippen molar-refractivity contribution in [3.63, 3.8) is 0 Å². The predicted molar refractivity (Wildman–Crippen MR) is 105 cm³/mol. The molecule has 0 unspecified atom stereocenters. The summed E-state index contributed by atoms with van der Waals surface area (Å²) in [5.41, 5.74) is 0.141. The molecule has 1 aliphatic rings. The maximum absolute atomic E-state index is 11.6. The highest BCUT2D eigenvalue weighted by atomic mass is 79.9. The summed E-state index contributed by atoms with van der Waals surface area (Å²) in [5, 5.41) is 14.3. The molecule has 0 saturated heterocycles. The molecule has 4 rings (SSSR count). The number of nitro groups is 1. The van der Waals surface area contributed by atoms with E-state index in [2.05, 4.69) is 15.3 Å². The molecule has 2 heterocycles. The molecule has 0 amide bonds. The van der Waals surface area contributed by atoms with Crippen molar-refractivity contribution in [3.05, 3.63) is 72.3 Å². The largest absolute Gasteiger partial charge is 0.454 e. The third kappa shape index (κ3) is 3.75. The fourth-order valence-corrected chi connectivity index (χ4v) is 2.92. The van der Waals surface area contributed by atoms with Crippen LogP contribution in [-0.4, -0.2) is 21.7 Å². The molecule has 0 spiro atoms. The van der Waals surface area contributed by atoms with E-state index in [9.17, 15) is 19.7 Å². The molecule has 0 aliphatic carbocycles. The number of aromatic amines is 2. The zero-order valence-corrected chi connectivity index (χ0v) is 16.0. The van der Waals surface area contributed by atoms with E-state index < -0.39 is 16.0 Å². The summed E-state index contributed by atoms with van der Waals surface area (Å²) in [6.45, 7) is 0.903. The van der Waals surface area contributed by atoms with Crippen LogP contribution in [0.2, 0.25) is 0 Å². The van der Waals surface area contributed by atoms with Crippen LogP contribution in [-0.2, 0) is 13.1 Å². The molecule has 0 atom stereocenters. The lowest BCUT2D eigenvalue weighted by Crippen LogP contribution is -2.29. The number of hydrogen-bond acceptors (Lipinski definition) is 7. The van der Waals surface area contributed by atoms with Gasteiger partial charge in [0.05, 0.1) is 16.0 Å². The number of benzene rings is 2. The topological polar surface area (TPSA) is 139 Å². The number of non-ortho nitro benzene ring substituents is 1. The summed E-state index contributed by atoms with van der Waals surface area (Å²) < 4.78 is 10.6. The van der Waals surface area contributed by atoms with Crippen LogP contribution in [0.15, 0.2) is 39.9 Å². The number of ether oxygens (including phenoxy) is 2. The average molecular weight is 451 g/mol. The highest BCUT2D eigenvalue weighted by Crippen LogP contribution is 2.32. The molecule has 0 bridgehead atoms. The van der Waals surface area contributed by atoms with Gasteiger partial charge in [-0.05, 0) is 23.3 Å². The molecular weight excluding hydrogens is 436 g/mol. The second-order valence-electron chi connectivity index (χ2n) is 5.98. The van der Waals surface area contributed by atoms with Crippen molar-refractivity contribution in [2.75, 3.05) is 6.79 Å². The van der Waals surface area contributed by atoms with Gasteiger partial charge in [-0.3, -0.25) is 19.7 Å². The van der Waals surface area contributed by atoms with Gasteiger partial charge in [0.25, 0.3) is 5.69 Å². The van der Waals surface area contributed by atoms with Gasteiger partial charge in [-0.1, -0.05) is 6.07 Å². The van der Waals surface area contributed by atoms with E-state index in [1.54, 1.807) is 0 Å². The maximum atomic E-state index is 11.6. The first kappa shape index (κ1) is 19.6. The van der Waals surface area contributed by atoms with Crippen molar-refractivity contribution in [3.8, 4) is 11.5 Å². The number of nitro benzene ring substituents is 1. The third-order valence-electron chi connectivity index (χ3n) is 4.19. The van der Waals surface area contributed by atoms with Crippen molar-refractivity contribution in [1.82, 2.24) is 15.3 Å². The fourth-order valence-electron chi connectivity index (χ4n) is 2.92. The Bertz CT molecular complexity index is 1170. The fraction of sp³-hybridized carbons (Fsp3) is 0.176. The third-order valence-corrected chi connectivity index (χ3v) is 4.19. The minimum absolute atomic E-state index is 0. The van der Waals surface area contributed by atoms with Crippen LogP contribution < -0.4 is 25.9 Å². The van der Waals surface area contributed by atoms with Crippen molar-refractivity contribution < 1.29 is 14.4 Å². The lowest BCUT2D eigenvalue weighted by atomic mass is 10.1. The number of nitrogens with one attached hydrogen (secondary N) is 3. The molecule has 3 aromatic rings. The summed E-state index contributed by atoms with van der Waals surface area (Å²) >= 11 is 0. The van der Waals surface area contributed by atoms with Crippen LogP contribution in [0.4, 0.5) is 5.69 Å². The van der Waals surface area contributed by atoms with Crippen molar-refractivity contribution >= 4 is 33.7 Å². The predicted octanol–water partition coefficient (Wildman–Crippen LogP) is 1.72. The van der Waals surface area contributed by atoms with Gasteiger partial charge in [0.15, 0.2) is 11.5 Å². The normalized spacial score (nSPS) is 12.0. The first-order chi connectivity index (χ1) is 13.0. The average Bonchev–Trinajstić information content (AvgIpc) is 3.10. The summed E-state index contributed by atoms with van der Waals surface area (Å²) in [5.74, 6) is 1.35. The smallest absolute Gasteiger partial charge is 0.314 e. The number of hydrogen-bond donors (Lipinski definition) is 3. The first-order valence-electron chi connectivity index (χ1n) is 8.04. The van der Waals surface area contributed by atoms with Crippen LogP contribution in [0.3, 0.4) is 0 Å². The monoisotopic (exact) mass is 450 g/mol. The minimum atomic E-state index is -0.859. The number of aromatic nitrogens is 2. The van der Waals surface area contributed by atoms with Crippen molar-refractivity contribution in [2.45, 2.75) is 13.1 Å². The molecule has 146 valence electrons. The van der Waals surface area contributed by atoms with Crippen LogP contribution in [0, 0.1) is 10.1 Å². The Labute approximate surface area is 167 Å². The molecule has 1 aromatic heterocycles. The Hall–Kier alpha value is -3.18. The van der Waals surface area contributed by atoms with E-state index in [0.29, 0.717) is 29.1 Å². The summed E-state index contributed by atoms with van der Waals surface area (Å²) in [6.07, 6.45) is 0. The highest BCUT2D eigenvalue weighted by Gasteiger charge is 2.15. The Balaban J connectivity index is 0.00000225. The maximum Gasteiger partial charge on any atom is 0.314 e. The second kappa shape index (κ2) is 7.82. The van der Waals surface area contributed by atoms with E-state index in [0.717, 1.165) is 5.56 Å². The van der Waals surface area contributed by atoms with Gasteiger partial charge in [-0.2, -0.15) is 0 Å². The summed E-state index contributed by atoms with van der Waals surface area (Å²) in [6, 6.07) is 8.12. The van der Waals surface area contributed by atoms with E-state index >= 15 is 0 Å². The van der Waals surface area contributed by atoms with E-state index in [1.807, 2.05) is 18.2 Å². The SMILES string of the molecule is Br.O=c1[nH]c2cc([N+](=O)[O-])cc(CNCc3ccc4c(c3)OCO4)c2[nH]c1=O. The molecule has 11 heteroatoms. The van der Waals surface area contributed by atoms with Crippen LogP contribution in [0.5, 0.6) is 11.5 Å². The van der Waals surface area contributed by atoms with Gasteiger partial charge in [-0.25, -0.2) is 0 Å². The van der Waals surface area contributed by atoms with Gasteiger partial charge in [0.2, 0.25) is 6.79 Å². The number of halogens is 1. The second-order valence-corrected chi connectivity index (χ2v) is 5.98.